The summed E-state index contributed by atoms with van der Waals surface area (Å²) < 4.78 is 5.17. The van der Waals surface area contributed by atoms with Gasteiger partial charge in [0.1, 0.15) is 5.75 Å². The SMILES string of the molecule is CC1(c2noc(-c3ccc(Cl)cc3O)n2)CC1. The molecule has 0 atom stereocenters. The Morgan fingerprint density at radius 3 is 2.82 bits per heavy atom. The highest BCUT2D eigenvalue weighted by molar-refractivity contribution is 6.30. The quantitative estimate of drug-likeness (QED) is 0.890. The molecule has 0 saturated heterocycles. The van der Waals surface area contributed by atoms with Crippen molar-refractivity contribution in [2.24, 2.45) is 0 Å². The maximum absolute atomic E-state index is 9.76. The van der Waals surface area contributed by atoms with Crippen LogP contribution in [-0.2, 0) is 5.41 Å². The molecule has 0 bridgehead atoms. The number of aromatic hydroxyl groups is 1. The fourth-order valence-electron chi connectivity index (χ4n) is 1.67. The molecule has 1 saturated carbocycles. The Hall–Kier alpha value is -1.55. The van der Waals surface area contributed by atoms with Gasteiger partial charge < -0.3 is 9.63 Å². The molecule has 1 aliphatic carbocycles. The van der Waals surface area contributed by atoms with Crippen LogP contribution in [-0.4, -0.2) is 15.2 Å². The monoisotopic (exact) mass is 250 g/mol. The van der Waals surface area contributed by atoms with Gasteiger partial charge in [-0.15, -0.1) is 0 Å². The van der Waals surface area contributed by atoms with Crippen molar-refractivity contribution >= 4 is 11.6 Å². The first kappa shape index (κ1) is 10.6. The Labute approximate surface area is 103 Å². The molecule has 5 heteroatoms. The molecule has 17 heavy (non-hydrogen) atoms. The normalized spacial score (nSPS) is 17.1. The third-order valence-corrected chi connectivity index (χ3v) is 3.39. The highest BCUT2D eigenvalue weighted by Gasteiger charge is 2.43. The number of aromatic nitrogens is 2. The molecule has 1 fully saturated rings. The van der Waals surface area contributed by atoms with E-state index in [9.17, 15) is 5.11 Å². The summed E-state index contributed by atoms with van der Waals surface area (Å²) >= 11 is 5.77. The summed E-state index contributed by atoms with van der Waals surface area (Å²) in [5, 5.41) is 14.2. The number of phenolic OH excluding ortho intramolecular Hbond substituents is 1. The zero-order chi connectivity index (χ0) is 12.0. The molecule has 1 aliphatic rings. The topological polar surface area (TPSA) is 59.2 Å². The van der Waals surface area contributed by atoms with Crippen LogP contribution >= 0.6 is 11.6 Å². The standard InChI is InChI=1S/C12H11ClN2O2/c1-12(4-5-12)11-14-10(17-15-11)8-3-2-7(13)6-9(8)16/h2-3,6,16H,4-5H2,1H3. The Morgan fingerprint density at radius 1 is 1.41 bits per heavy atom. The van der Waals surface area contributed by atoms with Crippen molar-refractivity contribution in [2.75, 3.05) is 0 Å². The zero-order valence-electron chi connectivity index (χ0n) is 9.27. The van der Waals surface area contributed by atoms with Crippen molar-refractivity contribution in [1.82, 2.24) is 10.1 Å². The predicted molar refractivity (Wildman–Crippen MR) is 63.0 cm³/mol. The number of rotatable bonds is 2. The van der Waals surface area contributed by atoms with Crippen LogP contribution in [0.4, 0.5) is 0 Å². The number of halogens is 1. The third-order valence-electron chi connectivity index (χ3n) is 3.16. The van der Waals surface area contributed by atoms with E-state index < -0.39 is 0 Å². The molecule has 4 nitrogen and oxygen atoms in total. The first-order chi connectivity index (χ1) is 8.08. The van der Waals surface area contributed by atoms with Crippen LogP contribution in [0.2, 0.25) is 5.02 Å². The lowest BCUT2D eigenvalue weighted by atomic mass is 10.1. The molecule has 0 radical (unpaired) electrons. The van der Waals surface area contributed by atoms with Gasteiger partial charge in [0.15, 0.2) is 5.82 Å². The highest BCUT2D eigenvalue weighted by atomic mass is 35.5. The average Bonchev–Trinajstić information content (AvgIpc) is 2.85. The van der Waals surface area contributed by atoms with Crippen LogP contribution in [0, 0.1) is 0 Å². The van der Waals surface area contributed by atoms with Gasteiger partial charge in [-0.3, -0.25) is 0 Å². The van der Waals surface area contributed by atoms with Crippen LogP contribution in [0.5, 0.6) is 5.75 Å². The Kier molecular flexibility index (Phi) is 2.16. The maximum Gasteiger partial charge on any atom is 0.261 e. The van der Waals surface area contributed by atoms with Crippen molar-refractivity contribution in [3.63, 3.8) is 0 Å². The summed E-state index contributed by atoms with van der Waals surface area (Å²) in [6.45, 7) is 2.10. The van der Waals surface area contributed by atoms with E-state index in [0.29, 0.717) is 22.3 Å². The second-order valence-corrected chi connectivity index (χ2v) is 5.08. The zero-order valence-corrected chi connectivity index (χ0v) is 10.0. The molecule has 1 N–H and O–H groups in total. The molecular formula is C12H11ClN2O2. The van der Waals surface area contributed by atoms with E-state index in [-0.39, 0.29) is 11.2 Å². The van der Waals surface area contributed by atoms with Gasteiger partial charge in [0.2, 0.25) is 0 Å². The highest BCUT2D eigenvalue weighted by Crippen LogP contribution is 2.46. The minimum atomic E-state index is 0.0497. The first-order valence-electron chi connectivity index (χ1n) is 5.42. The van der Waals surface area contributed by atoms with Crippen molar-refractivity contribution in [2.45, 2.75) is 25.2 Å². The lowest BCUT2D eigenvalue weighted by Gasteiger charge is -1.99. The summed E-state index contributed by atoms with van der Waals surface area (Å²) in [5.41, 5.74) is 0.571. The molecule has 1 aromatic carbocycles. The molecule has 88 valence electrons. The second-order valence-electron chi connectivity index (χ2n) is 4.65. The fourth-order valence-corrected chi connectivity index (χ4v) is 1.84. The molecule has 3 rings (SSSR count). The van der Waals surface area contributed by atoms with Crippen molar-refractivity contribution in [1.29, 1.82) is 0 Å². The van der Waals surface area contributed by atoms with Crippen LogP contribution in [0.25, 0.3) is 11.5 Å². The molecule has 2 aromatic rings. The largest absolute Gasteiger partial charge is 0.507 e. The minimum absolute atomic E-state index is 0.0497. The molecule has 1 aromatic heterocycles. The first-order valence-corrected chi connectivity index (χ1v) is 5.79. The van der Waals surface area contributed by atoms with Crippen LogP contribution < -0.4 is 0 Å². The van der Waals surface area contributed by atoms with Crippen LogP contribution in [0.1, 0.15) is 25.6 Å². The van der Waals surface area contributed by atoms with Gasteiger partial charge in [-0.25, -0.2) is 0 Å². The fraction of sp³-hybridized carbons (Fsp3) is 0.333. The minimum Gasteiger partial charge on any atom is -0.507 e. The molecule has 0 aliphatic heterocycles. The Morgan fingerprint density at radius 2 is 2.18 bits per heavy atom. The van der Waals surface area contributed by atoms with Gasteiger partial charge in [-0.05, 0) is 31.0 Å². The van der Waals surface area contributed by atoms with Gasteiger partial charge >= 0.3 is 0 Å². The predicted octanol–water partition coefficient (Wildman–Crippen LogP) is 3.15. The summed E-state index contributed by atoms with van der Waals surface area (Å²) in [7, 11) is 0. The van der Waals surface area contributed by atoms with E-state index in [1.807, 2.05) is 0 Å². The average molecular weight is 251 g/mol. The Balaban J connectivity index is 2.01. The summed E-state index contributed by atoms with van der Waals surface area (Å²) in [5.74, 6) is 1.10. The summed E-state index contributed by atoms with van der Waals surface area (Å²) in [4.78, 5) is 4.32. The lowest BCUT2D eigenvalue weighted by molar-refractivity contribution is 0.411. The number of phenols is 1. The van der Waals surface area contributed by atoms with Gasteiger partial charge in [-0.1, -0.05) is 23.7 Å². The maximum atomic E-state index is 9.76. The third kappa shape index (κ3) is 1.78. The molecular weight excluding hydrogens is 240 g/mol. The Bertz CT molecular complexity index is 576. The van der Waals surface area contributed by atoms with Crippen molar-refractivity contribution < 1.29 is 9.63 Å². The van der Waals surface area contributed by atoms with Crippen LogP contribution in [0.3, 0.4) is 0 Å². The number of hydrogen-bond acceptors (Lipinski definition) is 4. The second kappa shape index (κ2) is 3.47. The van der Waals surface area contributed by atoms with E-state index in [1.54, 1.807) is 12.1 Å². The molecule has 0 amide bonds. The number of benzene rings is 1. The molecule has 0 spiro atoms. The van der Waals surface area contributed by atoms with E-state index in [2.05, 4.69) is 17.1 Å². The van der Waals surface area contributed by atoms with Gasteiger partial charge in [0, 0.05) is 10.4 Å². The van der Waals surface area contributed by atoms with E-state index in [0.717, 1.165) is 12.8 Å². The van der Waals surface area contributed by atoms with E-state index in [4.69, 9.17) is 16.1 Å². The summed E-state index contributed by atoms with van der Waals surface area (Å²) in [6, 6.07) is 4.81. The number of hydrogen-bond donors (Lipinski definition) is 1. The van der Waals surface area contributed by atoms with Crippen molar-refractivity contribution in [3.8, 4) is 17.2 Å². The van der Waals surface area contributed by atoms with Gasteiger partial charge in [-0.2, -0.15) is 4.98 Å². The summed E-state index contributed by atoms with van der Waals surface area (Å²) in [6.07, 6.45) is 2.16. The van der Waals surface area contributed by atoms with E-state index >= 15 is 0 Å². The van der Waals surface area contributed by atoms with Crippen LogP contribution in [0.15, 0.2) is 22.7 Å². The number of nitrogens with zero attached hydrogens (tertiary/aromatic N) is 2. The van der Waals surface area contributed by atoms with Crippen molar-refractivity contribution in [3.05, 3.63) is 29.0 Å². The molecule has 0 unspecified atom stereocenters. The van der Waals surface area contributed by atoms with Gasteiger partial charge in [0.25, 0.3) is 5.89 Å². The molecule has 1 heterocycles. The van der Waals surface area contributed by atoms with Gasteiger partial charge in [0.05, 0.1) is 5.56 Å². The van der Waals surface area contributed by atoms with E-state index in [1.165, 1.54) is 6.07 Å². The lowest BCUT2D eigenvalue weighted by Crippen LogP contribution is -2.01. The smallest absolute Gasteiger partial charge is 0.261 e.